The molecule has 0 bridgehead atoms. The summed E-state index contributed by atoms with van der Waals surface area (Å²) in [6.45, 7) is 8.09. The highest BCUT2D eigenvalue weighted by molar-refractivity contribution is 6.22. The van der Waals surface area contributed by atoms with Gasteiger partial charge in [-0.1, -0.05) is 33.6 Å². The normalized spacial score (nSPS) is 19.9. The van der Waals surface area contributed by atoms with Crippen molar-refractivity contribution in [3.8, 4) is 0 Å². The van der Waals surface area contributed by atoms with Gasteiger partial charge in [0.1, 0.15) is 0 Å². The van der Waals surface area contributed by atoms with Gasteiger partial charge in [-0.25, -0.2) is 0 Å². The number of carbonyl (C=O) groups is 2. The zero-order valence-electron chi connectivity index (χ0n) is 13.1. The number of rotatable bonds is 6. The topological polar surface area (TPSA) is 66.4 Å². The number of aliphatic hydroxyl groups is 1. The largest absolute Gasteiger partial charge is 0.391 e. The summed E-state index contributed by atoms with van der Waals surface area (Å²) < 4.78 is 0. The number of allylic oxidation sites excluding steroid dienone is 2. The Labute approximate surface area is 121 Å². The lowest BCUT2D eigenvalue weighted by Gasteiger charge is -2.29. The molecule has 0 aromatic carbocycles. The van der Waals surface area contributed by atoms with Crippen molar-refractivity contribution in [2.45, 2.75) is 65.9 Å². The van der Waals surface area contributed by atoms with E-state index in [1.165, 1.54) is 0 Å². The van der Waals surface area contributed by atoms with Crippen molar-refractivity contribution in [3.63, 3.8) is 0 Å². The first-order chi connectivity index (χ1) is 9.26. The molecule has 1 aliphatic rings. The molecule has 2 N–H and O–H groups in total. The van der Waals surface area contributed by atoms with Gasteiger partial charge in [-0.2, -0.15) is 0 Å². The Balaban J connectivity index is 2.66. The SMILES string of the molecule is CCCCC(O)CNC(C)=C1C(=O)CC(C)(C)CC1=O. The van der Waals surface area contributed by atoms with E-state index in [0.29, 0.717) is 30.7 Å². The second-order valence-electron chi connectivity index (χ2n) is 6.54. The lowest BCUT2D eigenvalue weighted by Crippen LogP contribution is -2.35. The average molecular weight is 281 g/mol. The molecule has 4 nitrogen and oxygen atoms in total. The van der Waals surface area contributed by atoms with Crippen LogP contribution in [0.2, 0.25) is 0 Å². The molecule has 1 rings (SSSR count). The molecule has 0 radical (unpaired) electrons. The zero-order chi connectivity index (χ0) is 15.3. The second-order valence-corrected chi connectivity index (χ2v) is 6.54. The highest BCUT2D eigenvalue weighted by atomic mass is 16.3. The van der Waals surface area contributed by atoms with Crippen LogP contribution in [0, 0.1) is 5.41 Å². The number of Topliss-reactive ketones (excluding diaryl/α,β-unsaturated/α-hetero) is 2. The number of aliphatic hydroxyl groups excluding tert-OH is 1. The Morgan fingerprint density at radius 3 is 2.35 bits per heavy atom. The highest BCUT2D eigenvalue weighted by Gasteiger charge is 2.36. The maximum Gasteiger partial charge on any atom is 0.168 e. The van der Waals surface area contributed by atoms with E-state index in [1.54, 1.807) is 6.92 Å². The van der Waals surface area contributed by atoms with Crippen molar-refractivity contribution in [2.75, 3.05) is 6.54 Å². The molecule has 0 aromatic rings. The summed E-state index contributed by atoms with van der Waals surface area (Å²) in [6.07, 6.45) is 3.14. The fourth-order valence-corrected chi connectivity index (χ4v) is 2.58. The van der Waals surface area contributed by atoms with Crippen molar-refractivity contribution in [3.05, 3.63) is 11.3 Å². The first kappa shape index (κ1) is 16.9. The van der Waals surface area contributed by atoms with Crippen LogP contribution in [0.3, 0.4) is 0 Å². The van der Waals surface area contributed by atoms with E-state index in [2.05, 4.69) is 12.2 Å². The highest BCUT2D eigenvalue weighted by Crippen LogP contribution is 2.34. The van der Waals surface area contributed by atoms with Crippen molar-refractivity contribution in [1.29, 1.82) is 0 Å². The molecule has 1 aliphatic carbocycles. The Morgan fingerprint density at radius 1 is 1.30 bits per heavy atom. The van der Waals surface area contributed by atoms with Gasteiger partial charge in [-0.15, -0.1) is 0 Å². The van der Waals surface area contributed by atoms with E-state index in [9.17, 15) is 14.7 Å². The van der Waals surface area contributed by atoms with Gasteiger partial charge in [-0.05, 0) is 18.8 Å². The van der Waals surface area contributed by atoms with Crippen molar-refractivity contribution in [2.24, 2.45) is 5.41 Å². The Kier molecular flexibility index (Phi) is 5.93. The van der Waals surface area contributed by atoms with Gasteiger partial charge in [0, 0.05) is 25.1 Å². The minimum absolute atomic E-state index is 0.0840. The molecule has 0 amide bonds. The standard InChI is InChI=1S/C16H27NO3/c1-5-6-7-12(18)10-17-11(2)15-13(19)8-16(3,4)9-14(15)20/h12,17-18H,5-10H2,1-4H3. The summed E-state index contributed by atoms with van der Waals surface area (Å²) in [5, 5.41) is 12.8. The van der Waals surface area contributed by atoms with Gasteiger partial charge in [0.05, 0.1) is 11.7 Å². The minimum Gasteiger partial charge on any atom is -0.391 e. The number of hydrogen-bond acceptors (Lipinski definition) is 4. The summed E-state index contributed by atoms with van der Waals surface area (Å²) in [5.41, 5.74) is 0.663. The van der Waals surface area contributed by atoms with Gasteiger partial charge < -0.3 is 10.4 Å². The number of unbranched alkanes of at least 4 members (excludes halogenated alkanes) is 1. The van der Waals surface area contributed by atoms with Crippen LogP contribution >= 0.6 is 0 Å². The maximum absolute atomic E-state index is 12.1. The molecule has 0 aliphatic heterocycles. The summed E-state index contributed by atoms with van der Waals surface area (Å²) in [5.74, 6) is -0.168. The molecule has 1 unspecified atom stereocenters. The van der Waals surface area contributed by atoms with Crippen LogP contribution in [0.4, 0.5) is 0 Å². The summed E-state index contributed by atoms with van der Waals surface area (Å²) in [4.78, 5) is 24.2. The number of ketones is 2. The van der Waals surface area contributed by atoms with E-state index in [1.807, 2.05) is 13.8 Å². The predicted molar refractivity (Wildman–Crippen MR) is 79.3 cm³/mol. The first-order valence-corrected chi connectivity index (χ1v) is 7.46. The van der Waals surface area contributed by atoms with Crippen LogP contribution in [-0.2, 0) is 9.59 Å². The number of hydrogen-bond donors (Lipinski definition) is 2. The predicted octanol–water partition coefficient (Wildman–Crippen LogP) is 2.36. The monoisotopic (exact) mass is 281 g/mol. The Morgan fingerprint density at radius 2 is 1.85 bits per heavy atom. The van der Waals surface area contributed by atoms with Crippen LogP contribution in [0.5, 0.6) is 0 Å². The fourth-order valence-electron chi connectivity index (χ4n) is 2.58. The average Bonchev–Trinajstić information content (AvgIpc) is 2.31. The molecular weight excluding hydrogens is 254 g/mol. The smallest absolute Gasteiger partial charge is 0.168 e. The lowest BCUT2D eigenvalue weighted by molar-refractivity contribution is -0.127. The molecule has 0 aromatic heterocycles. The van der Waals surface area contributed by atoms with E-state index in [0.717, 1.165) is 19.3 Å². The van der Waals surface area contributed by atoms with E-state index in [4.69, 9.17) is 0 Å². The molecular formula is C16H27NO3. The van der Waals surface area contributed by atoms with Crippen LogP contribution in [-0.4, -0.2) is 29.3 Å². The molecule has 20 heavy (non-hydrogen) atoms. The zero-order valence-corrected chi connectivity index (χ0v) is 13.1. The number of carbonyl (C=O) groups excluding carboxylic acids is 2. The summed E-state index contributed by atoms with van der Waals surface area (Å²) >= 11 is 0. The second kappa shape index (κ2) is 7.02. The summed E-state index contributed by atoms with van der Waals surface area (Å²) in [6, 6.07) is 0. The van der Waals surface area contributed by atoms with Crippen LogP contribution in [0.25, 0.3) is 0 Å². The molecule has 1 fully saturated rings. The van der Waals surface area contributed by atoms with Crippen LogP contribution < -0.4 is 5.32 Å². The third kappa shape index (κ3) is 4.75. The molecule has 0 saturated heterocycles. The Hall–Kier alpha value is -1.16. The van der Waals surface area contributed by atoms with E-state index in [-0.39, 0.29) is 17.0 Å². The quantitative estimate of drug-likeness (QED) is 0.579. The van der Waals surface area contributed by atoms with Crippen molar-refractivity contribution in [1.82, 2.24) is 5.32 Å². The van der Waals surface area contributed by atoms with Gasteiger partial charge in [-0.3, -0.25) is 9.59 Å². The minimum atomic E-state index is -0.435. The summed E-state index contributed by atoms with van der Waals surface area (Å²) in [7, 11) is 0. The van der Waals surface area contributed by atoms with Crippen LogP contribution in [0.1, 0.15) is 59.8 Å². The van der Waals surface area contributed by atoms with Crippen LogP contribution in [0.15, 0.2) is 11.3 Å². The molecule has 114 valence electrons. The van der Waals surface area contributed by atoms with Gasteiger partial charge in [0.15, 0.2) is 11.6 Å². The molecule has 0 heterocycles. The lowest BCUT2D eigenvalue weighted by atomic mass is 9.73. The van der Waals surface area contributed by atoms with Gasteiger partial charge in [0.2, 0.25) is 0 Å². The number of nitrogens with one attached hydrogen (secondary N) is 1. The first-order valence-electron chi connectivity index (χ1n) is 7.46. The molecule has 1 saturated carbocycles. The molecule has 4 heteroatoms. The van der Waals surface area contributed by atoms with Gasteiger partial charge >= 0.3 is 0 Å². The Bertz CT molecular complexity index is 388. The van der Waals surface area contributed by atoms with E-state index < -0.39 is 6.10 Å². The van der Waals surface area contributed by atoms with Gasteiger partial charge in [0.25, 0.3) is 0 Å². The maximum atomic E-state index is 12.1. The van der Waals surface area contributed by atoms with Crippen molar-refractivity contribution < 1.29 is 14.7 Å². The fraction of sp³-hybridized carbons (Fsp3) is 0.750. The molecule has 1 atom stereocenters. The molecule has 0 spiro atoms. The van der Waals surface area contributed by atoms with E-state index >= 15 is 0 Å². The third-order valence-corrected chi connectivity index (χ3v) is 3.70. The third-order valence-electron chi connectivity index (χ3n) is 3.70. The van der Waals surface area contributed by atoms with Crippen molar-refractivity contribution >= 4 is 11.6 Å².